The van der Waals surface area contributed by atoms with E-state index in [0.29, 0.717) is 6.04 Å². The molecule has 2 heteroatoms. The van der Waals surface area contributed by atoms with Gasteiger partial charge in [0.25, 0.3) is 0 Å². The van der Waals surface area contributed by atoms with Crippen molar-refractivity contribution >= 4 is 0 Å². The van der Waals surface area contributed by atoms with E-state index in [0.717, 1.165) is 18.9 Å². The standard InChI is InChI=1S/C10H23NO/c1-4-10(8-12)11-7-5-6-9(2)3/h9-12H,4-8H2,1-3H3. The minimum Gasteiger partial charge on any atom is -0.395 e. The van der Waals surface area contributed by atoms with Gasteiger partial charge in [0, 0.05) is 6.04 Å². The zero-order valence-electron chi connectivity index (χ0n) is 8.64. The summed E-state index contributed by atoms with van der Waals surface area (Å²) in [7, 11) is 0. The highest BCUT2D eigenvalue weighted by atomic mass is 16.3. The molecule has 1 unspecified atom stereocenters. The summed E-state index contributed by atoms with van der Waals surface area (Å²) < 4.78 is 0. The van der Waals surface area contributed by atoms with Crippen LogP contribution in [0.25, 0.3) is 0 Å². The first-order valence-electron chi connectivity index (χ1n) is 5.05. The number of aliphatic hydroxyl groups excluding tert-OH is 1. The Morgan fingerprint density at radius 2 is 2.00 bits per heavy atom. The van der Waals surface area contributed by atoms with Crippen LogP contribution in [-0.4, -0.2) is 24.3 Å². The van der Waals surface area contributed by atoms with Gasteiger partial charge in [0.1, 0.15) is 0 Å². The van der Waals surface area contributed by atoms with Gasteiger partial charge in [-0.25, -0.2) is 0 Å². The van der Waals surface area contributed by atoms with Crippen molar-refractivity contribution in [1.82, 2.24) is 5.32 Å². The van der Waals surface area contributed by atoms with E-state index in [1.807, 2.05) is 0 Å². The van der Waals surface area contributed by atoms with Crippen LogP contribution < -0.4 is 5.32 Å². The van der Waals surface area contributed by atoms with Crippen molar-refractivity contribution in [2.45, 2.75) is 46.1 Å². The molecule has 0 aromatic rings. The molecular weight excluding hydrogens is 150 g/mol. The third kappa shape index (κ3) is 6.62. The van der Waals surface area contributed by atoms with Crippen LogP contribution in [0.1, 0.15) is 40.0 Å². The van der Waals surface area contributed by atoms with Gasteiger partial charge in [-0.2, -0.15) is 0 Å². The molecular formula is C10H23NO. The van der Waals surface area contributed by atoms with Gasteiger partial charge in [0.15, 0.2) is 0 Å². The second kappa shape index (κ2) is 7.56. The fraction of sp³-hybridized carbons (Fsp3) is 1.00. The highest BCUT2D eigenvalue weighted by Gasteiger charge is 2.01. The average Bonchev–Trinajstić information content (AvgIpc) is 2.04. The Hall–Kier alpha value is -0.0800. The molecule has 0 aliphatic carbocycles. The van der Waals surface area contributed by atoms with Crippen molar-refractivity contribution in [3.8, 4) is 0 Å². The molecule has 0 aliphatic heterocycles. The lowest BCUT2D eigenvalue weighted by Crippen LogP contribution is -2.32. The molecule has 0 saturated heterocycles. The molecule has 0 bridgehead atoms. The van der Waals surface area contributed by atoms with E-state index in [1.165, 1.54) is 12.8 Å². The topological polar surface area (TPSA) is 32.3 Å². The van der Waals surface area contributed by atoms with E-state index >= 15 is 0 Å². The minimum absolute atomic E-state index is 0.262. The third-order valence-electron chi connectivity index (χ3n) is 2.10. The molecule has 0 radical (unpaired) electrons. The highest BCUT2D eigenvalue weighted by Crippen LogP contribution is 2.02. The Balaban J connectivity index is 3.17. The van der Waals surface area contributed by atoms with Gasteiger partial charge in [-0.3, -0.25) is 0 Å². The minimum atomic E-state index is 0.262. The molecule has 1 atom stereocenters. The molecule has 0 amide bonds. The maximum Gasteiger partial charge on any atom is 0.0584 e. The first kappa shape index (κ1) is 11.9. The molecule has 0 aromatic heterocycles. The normalized spacial score (nSPS) is 13.8. The lowest BCUT2D eigenvalue weighted by Gasteiger charge is -2.13. The summed E-state index contributed by atoms with van der Waals surface area (Å²) >= 11 is 0. The van der Waals surface area contributed by atoms with Gasteiger partial charge in [-0.15, -0.1) is 0 Å². The van der Waals surface area contributed by atoms with E-state index < -0.39 is 0 Å². The number of nitrogens with one attached hydrogen (secondary N) is 1. The van der Waals surface area contributed by atoms with Crippen molar-refractivity contribution in [1.29, 1.82) is 0 Å². The van der Waals surface area contributed by atoms with Crippen LogP contribution in [-0.2, 0) is 0 Å². The van der Waals surface area contributed by atoms with Crippen molar-refractivity contribution in [3.63, 3.8) is 0 Å². The van der Waals surface area contributed by atoms with Crippen LogP contribution in [0.2, 0.25) is 0 Å². The molecule has 0 aliphatic rings. The quantitative estimate of drug-likeness (QED) is 0.575. The average molecular weight is 173 g/mol. The van der Waals surface area contributed by atoms with Crippen molar-refractivity contribution in [2.75, 3.05) is 13.2 Å². The summed E-state index contributed by atoms with van der Waals surface area (Å²) in [4.78, 5) is 0. The van der Waals surface area contributed by atoms with E-state index in [-0.39, 0.29) is 6.61 Å². The maximum atomic E-state index is 8.87. The summed E-state index contributed by atoms with van der Waals surface area (Å²) in [6.07, 6.45) is 3.50. The van der Waals surface area contributed by atoms with Crippen molar-refractivity contribution in [2.24, 2.45) is 5.92 Å². The van der Waals surface area contributed by atoms with E-state index in [4.69, 9.17) is 5.11 Å². The Morgan fingerprint density at radius 3 is 2.42 bits per heavy atom. The largest absolute Gasteiger partial charge is 0.395 e. The van der Waals surface area contributed by atoms with Crippen LogP contribution in [0, 0.1) is 5.92 Å². The second-order valence-electron chi connectivity index (χ2n) is 3.78. The van der Waals surface area contributed by atoms with Gasteiger partial charge in [0.05, 0.1) is 6.61 Å². The summed E-state index contributed by atoms with van der Waals surface area (Å²) in [5.74, 6) is 0.793. The molecule has 0 saturated carbocycles. The first-order chi connectivity index (χ1) is 5.70. The highest BCUT2D eigenvalue weighted by molar-refractivity contribution is 4.62. The predicted octanol–water partition coefficient (Wildman–Crippen LogP) is 1.78. The molecule has 0 fully saturated rings. The fourth-order valence-corrected chi connectivity index (χ4v) is 1.15. The van der Waals surface area contributed by atoms with E-state index in [9.17, 15) is 0 Å². The molecule has 74 valence electrons. The summed E-state index contributed by atoms with van der Waals surface area (Å²) in [5, 5.41) is 12.2. The molecule has 2 nitrogen and oxygen atoms in total. The van der Waals surface area contributed by atoms with Crippen LogP contribution >= 0.6 is 0 Å². The maximum absolute atomic E-state index is 8.87. The van der Waals surface area contributed by atoms with Crippen LogP contribution in [0.15, 0.2) is 0 Å². The number of aliphatic hydroxyl groups is 1. The molecule has 0 rings (SSSR count). The lowest BCUT2D eigenvalue weighted by atomic mass is 10.1. The monoisotopic (exact) mass is 173 g/mol. The van der Waals surface area contributed by atoms with Crippen molar-refractivity contribution < 1.29 is 5.11 Å². The molecule has 0 aromatic carbocycles. The Morgan fingerprint density at radius 1 is 1.33 bits per heavy atom. The van der Waals surface area contributed by atoms with Gasteiger partial charge >= 0.3 is 0 Å². The van der Waals surface area contributed by atoms with Gasteiger partial charge in [-0.1, -0.05) is 20.8 Å². The summed E-state index contributed by atoms with van der Waals surface area (Å²) in [5.41, 5.74) is 0. The van der Waals surface area contributed by atoms with Crippen LogP contribution in [0.3, 0.4) is 0 Å². The van der Waals surface area contributed by atoms with E-state index in [2.05, 4.69) is 26.1 Å². The van der Waals surface area contributed by atoms with Crippen LogP contribution in [0.5, 0.6) is 0 Å². The summed E-state index contributed by atoms with van der Waals surface area (Å²) in [6.45, 7) is 7.87. The third-order valence-corrected chi connectivity index (χ3v) is 2.10. The van der Waals surface area contributed by atoms with Gasteiger partial charge in [-0.05, 0) is 31.7 Å². The number of rotatable bonds is 7. The zero-order chi connectivity index (χ0) is 9.40. The first-order valence-corrected chi connectivity index (χ1v) is 5.05. The zero-order valence-corrected chi connectivity index (χ0v) is 8.64. The number of hydrogen-bond acceptors (Lipinski definition) is 2. The Bertz CT molecular complexity index is 89.8. The predicted molar refractivity (Wildman–Crippen MR) is 53.2 cm³/mol. The van der Waals surface area contributed by atoms with Gasteiger partial charge in [0.2, 0.25) is 0 Å². The molecule has 12 heavy (non-hydrogen) atoms. The molecule has 2 N–H and O–H groups in total. The van der Waals surface area contributed by atoms with Crippen molar-refractivity contribution in [3.05, 3.63) is 0 Å². The van der Waals surface area contributed by atoms with E-state index in [1.54, 1.807) is 0 Å². The summed E-state index contributed by atoms with van der Waals surface area (Å²) in [6, 6.07) is 0.303. The molecule has 0 heterocycles. The van der Waals surface area contributed by atoms with Gasteiger partial charge < -0.3 is 10.4 Å². The van der Waals surface area contributed by atoms with Crippen LogP contribution in [0.4, 0.5) is 0 Å². The lowest BCUT2D eigenvalue weighted by molar-refractivity contribution is 0.238. The molecule has 0 spiro atoms. The SMILES string of the molecule is CCC(CO)NCCCC(C)C. The second-order valence-corrected chi connectivity index (χ2v) is 3.78. The fourth-order valence-electron chi connectivity index (χ4n) is 1.15. The Kier molecular flexibility index (Phi) is 7.51. The Labute approximate surface area is 76.4 Å². The smallest absolute Gasteiger partial charge is 0.0584 e. The number of hydrogen-bond donors (Lipinski definition) is 2.